The summed E-state index contributed by atoms with van der Waals surface area (Å²) in [5, 5.41) is 5.45. The van der Waals surface area contributed by atoms with Crippen LogP contribution in [-0.2, 0) is 11.2 Å². The third-order valence-corrected chi connectivity index (χ3v) is 4.24. The number of thioether (sulfide) groups is 1. The molecular formula is C13H16N4OS2. The van der Waals surface area contributed by atoms with E-state index in [1.54, 1.807) is 17.4 Å². The molecule has 0 aliphatic rings. The van der Waals surface area contributed by atoms with E-state index in [0.29, 0.717) is 23.3 Å². The van der Waals surface area contributed by atoms with E-state index >= 15 is 0 Å². The van der Waals surface area contributed by atoms with Gasteiger partial charge in [0, 0.05) is 23.2 Å². The molecule has 0 saturated carbocycles. The highest BCUT2D eigenvalue weighted by Crippen LogP contribution is 2.14. The van der Waals surface area contributed by atoms with Gasteiger partial charge in [0.15, 0.2) is 5.16 Å². The Bertz CT molecular complexity index is 552. The molecule has 7 heteroatoms. The van der Waals surface area contributed by atoms with Gasteiger partial charge < -0.3 is 11.1 Å². The fourth-order valence-electron chi connectivity index (χ4n) is 1.59. The molecule has 0 aromatic carbocycles. The van der Waals surface area contributed by atoms with Crippen LogP contribution in [0.5, 0.6) is 0 Å². The number of anilines is 1. The van der Waals surface area contributed by atoms with Crippen LogP contribution < -0.4 is 11.1 Å². The van der Waals surface area contributed by atoms with Crippen LogP contribution in [0.3, 0.4) is 0 Å². The van der Waals surface area contributed by atoms with Crippen LogP contribution >= 0.6 is 23.1 Å². The Labute approximate surface area is 126 Å². The highest BCUT2D eigenvalue weighted by molar-refractivity contribution is 7.99. The summed E-state index contributed by atoms with van der Waals surface area (Å²) < 4.78 is 0. The first kappa shape index (κ1) is 14.8. The lowest BCUT2D eigenvalue weighted by molar-refractivity contribution is -0.118. The third kappa shape index (κ3) is 4.82. The molecular weight excluding hydrogens is 292 g/mol. The Morgan fingerprint density at radius 3 is 3.05 bits per heavy atom. The number of nitrogens with two attached hydrogens (primary N) is 1. The molecule has 2 rings (SSSR count). The van der Waals surface area contributed by atoms with E-state index in [0.717, 1.165) is 12.1 Å². The number of nitrogens with zero attached hydrogens (tertiary/aromatic N) is 2. The molecule has 1 amide bonds. The van der Waals surface area contributed by atoms with Gasteiger partial charge in [0.05, 0.1) is 5.75 Å². The van der Waals surface area contributed by atoms with Crippen molar-refractivity contribution in [1.82, 2.24) is 15.3 Å². The number of rotatable bonds is 6. The van der Waals surface area contributed by atoms with Crippen molar-refractivity contribution in [1.29, 1.82) is 0 Å². The maximum atomic E-state index is 11.7. The lowest BCUT2D eigenvalue weighted by atomic mass is 10.3. The molecule has 0 atom stereocenters. The van der Waals surface area contributed by atoms with Gasteiger partial charge in [0.25, 0.3) is 0 Å². The molecule has 0 saturated heterocycles. The summed E-state index contributed by atoms with van der Waals surface area (Å²) in [6.45, 7) is 2.50. The monoisotopic (exact) mass is 308 g/mol. The summed E-state index contributed by atoms with van der Waals surface area (Å²) in [4.78, 5) is 21.3. The van der Waals surface area contributed by atoms with E-state index in [1.807, 2.05) is 18.4 Å². The summed E-state index contributed by atoms with van der Waals surface area (Å²) in [5.41, 5.74) is 6.44. The van der Waals surface area contributed by atoms with Crippen LogP contribution in [-0.4, -0.2) is 28.2 Å². The number of aromatic nitrogens is 2. The number of amides is 1. The van der Waals surface area contributed by atoms with E-state index in [2.05, 4.69) is 21.4 Å². The van der Waals surface area contributed by atoms with Gasteiger partial charge >= 0.3 is 0 Å². The topological polar surface area (TPSA) is 80.9 Å². The molecule has 2 aromatic heterocycles. The second-order valence-corrected chi connectivity index (χ2v) is 6.16. The van der Waals surface area contributed by atoms with Crippen molar-refractivity contribution in [2.75, 3.05) is 18.0 Å². The van der Waals surface area contributed by atoms with Crippen molar-refractivity contribution in [3.05, 3.63) is 34.2 Å². The molecule has 0 aliphatic carbocycles. The lowest BCUT2D eigenvalue weighted by Gasteiger charge is -2.04. The molecule has 0 radical (unpaired) electrons. The summed E-state index contributed by atoms with van der Waals surface area (Å²) in [5.74, 6) is 0.709. The molecule has 0 unspecified atom stereocenters. The molecule has 0 aliphatic heterocycles. The zero-order valence-corrected chi connectivity index (χ0v) is 12.8. The van der Waals surface area contributed by atoms with Crippen LogP contribution in [0.2, 0.25) is 0 Å². The maximum Gasteiger partial charge on any atom is 0.230 e. The SMILES string of the molecule is Cc1cc(N)nc(SCC(=O)NCCc2cccs2)n1. The molecule has 0 bridgehead atoms. The summed E-state index contributed by atoms with van der Waals surface area (Å²) in [6.07, 6.45) is 0.863. The van der Waals surface area contributed by atoms with E-state index in [9.17, 15) is 4.79 Å². The highest BCUT2D eigenvalue weighted by atomic mass is 32.2. The first-order valence-corrected chi connectivity index (χ1v) is 8.03. The molecule has 106 valence electrons. The lowest BCUT2D eigenvalue weighted by Crippen LogP contribution is -2.27. The molecule has 0 spiro atoms. The molecule has 20 heavy (non-hydrogen) atoms. The van der Waals surface area contributed by atoms with Gasteiger partial charge in [-0.25, -0.2) is 9.97 Å². The number of nitrogen functional groups attached to an aromatic ring is 1. The Kier molecular flexibility index (Phi) is 5.37. The van der Waals surface area contributed by atoms with E-state index in [4.69, 9.17) is 5.73 Å². The molecule has 5 nitrogen and oxygen atoms in total. The van der Waals surface area contributed by atoms with E-state index in [1.165, 1.54) is 16.6 Å². The number of thiophene rings is 1. The van der Waals surface area contributed by atoms with Crippen LogP contribution in [0.4, 0.5) is 5.82 Å². The van der Waals surface area contributed by atoms with Crippen LogP contribution in [0.15, 0.2) is 28.7 Å². The zero-order valence-electron chi connectivity index (χ0n) is 11.1. The average Bonchev–Trinajstić information content (AvgIpc) is 2.88. The number of carbonyl (C=O) groups excluding carboxylic acids is 1. The molecule has 2 heterocycles. The number of aryl methyl sites for hydroxylation is 1. The molecule has 2 aromatic rings. The third-order valence-electron chi connectivity index (χ3n) is 2.46. The Morgan fingerprint density at radius 2 is 2.35 bits per heavy atom. The largest absolute Gasteiger partial charge is 0.384 e. The van der Waals surface area contributed by atoms with Gasteiger partial charge in [-0.15, -0.1) is 11.3 Å². The summed E-state index contributed by atoms with van der Waals surface area (Å²) in [7, 11) is 0. The van der Waals surface area contributed by atoms with Crippen molar-refractivity contribution in [3.63, 3.8) is 0 Å². The fraction of sp³-hybridized carbons (Fsp3) is 0.308. The van der Waals surface area contributed by atoms with Crippen molar-refractivity contribution < 1.29 is 4.79 Å². The second kappa shape index (κ2) is 7.25. The van der Waals surface area contributed by atoms with Crippen molar-refractivity contribution >= 4 is 34.8 Å². The summed E-state index contributed by atoms with van der Waals surface area (Å²) >= 11 is 2.99. The van der Waals surface area contributed by atoms with Gasteiger partial charge in [0.2, 0.25) is 5.91 Å². The number of carbonyl (C=O) groups is 1. The van der Waals surface area contributed by atoms with Crippen molar-refractivity contribution in [2.24, 2.45) is 0 Å². The second-order valence-electron chi connectivity index (χ2n) is 4.18. The minimum Gasteiger partial charge on any atom is -0.384 e. The average molecular weight is 308 g/mol. The normalized spacial score (nSPS) is 10.4. The standard InChI is InChI=1S/C13H16N4OS2/c1-9-7-11(14)17-13(16-9)20-8-12(18)15-5-4-10-3-2-6-19-10/h2-3,6-7H,4-5,8H2,1H3,(H,15,18)(H2,14,16,17). The Balaban J connectivity index is 1.72. The zero-order chi connectivity index (χ0) is 14.4. The van der Waals surface area contributed by atoms with Gasteiger partial charge in [0.1, 0.15) is 5.82 Å². The predicted molar refractivity (Wildman–Crippen MR) is 82.9 cm³/mol. The minimum absolute atomic E-state index is 0.0183. The van der Waals surface area contributed by atoms with Gasteiger partial charge in [-0.1, -0.05) is 17.8 Å². The van der Waals surface area contributed by atoms with Gasteiger partial charge in [-0.2, -0.15) is 0 Å². The smallest absolute Gasteiger partial charge is 0.230 e. The van der Waals surface area contributed by atoms with E-state index < -0.39 is 0 Å². The Morgan fingerprint density at radius 1 is 1.50 bits per heavy atom. The minimum atomic E-state index is -0.0183. The fourth-order valence-corrected chi connectivity index (χ4v) is 3.04. The van der Waals surface area contributed by atoms with Gasteiger partial charge in [-0.3, -0.25) is 4.79 Å². The first-order valence-electron chi connectivity index (χ1n) is 6.16. The maximum absolute atomic E-state index is 11.7. The number of nitrogens with one attached hydrogen (secondary N) is 1. The molecule has 0 fully saturated rings. The Hall–Kier alpha value is -1.60. The van der Waals surface area contributed by atoms with Gasteiger partial charge in [-0.05, 0) is 24.8 Å². The quantitative estimate of drug-likeness (QED) is 0.629. The van der Waals surface area contributed by atoms with Crippen molar-refractivity contribution in [2.45, 2.75) is 18.5 Å². The highest BCUT2D eigenvalue weighted by Gasteiger charge is 2.06. The predicted octanol–water partition coefficient (Wildman–Crippen LogP) is 1.88. The summed E-state index contributed by atoms with van der Waals surface area (Å²) in [6, 6.07) is 5.78. The molecule has 3 N–H and O–H groups in total. The van der Waals surface area contributed by atoms with E-state index in [-0.39, 0.29) is 5.91 Å². The van der Waals surface area contributed by atoms with Crippen LogP contribution in [0.1, 0.15) is 10.6 Å². The number of hydrogen-bond donors (Lipinski definition) is 2. The first-order chi connectivity index (χ1) is 9.63. The van der Waals surface area contributed by atoms with Crippen LogP contribution in [0, 0.1) is 6.92 Å². The number of hydrogen-bond acceptors (Lipinski definition) is 6. The van der Waals surface area contributed by atoms with Crippen molar-refractivity contribution in [3.8, 4) is 0 Å². The van der Waals surface area contributed by atoms with Crippen LogP contribution in [0.25, 0.3) is 0 Å².